The van der Waals surface area contributed by atoms with E-state index < -0.39 is 5.60 Å². The van der Waals surface area contributed by atoms with E-state index >= 15 is 0 Å². The van der Waals surface area contributed by atoms with Crippen molar-refractivity contribution in [3.8, 4) is 0 Å². The molecule has 0 radical (unpaired) electrons. The molecule has 0 amide bonds. The van der Waals surface area contributed by atoms with Crippen LogP contribution in [0.5, 0.6) is 0 Å². The molecular formula is C17H17BrO. The van der Waals surface area contributed by atoms with Gasteiger partial charge in [-0.1, -0.05) is 52.3 Å². The Labute approximate surface area is 122 Å². The fourth-order valence-corrected chi connectivity index (χ4v) is 3.18. The fourth-order valence-electron chi connectivity index (χ4n) is 2.92. The van der Waals surface area contributed by atoms with Gasteiger partial charge < -0.3 is 5.11 Å². The smallest absolute Gasteiger partial charge is 0.0731 e. The number of hydrogen-bond donors (Lipinski definition) is 1. The van der Waals surface area contributed by atoms with E-state index in [0.717, 1.165) is 30.2 Å². The Balaban J connectivity index is 1.80. The SMILES string of the molecule is OC1(Cc2ccc(Br)cc2)CCc2ccccc2C1. The van der Waals surface area contributed by atoms with Crippen LogP contribution >= 0.6 is 15.9 Å². The molecule has 1 atom stereocenters. The van der Waals surface area contributed by atoms with Crippen LogP contribution in [0, 0.1) is 0 Å². The van der Waals surface area contributed by atoms with Crippen LogP contribution in [-0.2, 0) is 19.3 Å². The molecule has 0 aromatic heterocycles. The van der Waals surface area contributed by atoms with Gasteiger partial charge in [0.2, 0.25) is 0 Å². The Morgan fingerprint density at radius 3 is 2.42 bits per heavy atom. The first-order chi connectivity index (χ1) is 9.15. The number of aliphatic hydroxyl groups is 1. The molecule has 3 rings (SSSR count). The van der Waals surface area contributed by atoms with Gasteiger partial charge in [0.05, 0.1) is 5.60 Å². The van der Waals surface area contributed by atoms with Gasteiger partial charge in [0.15, 0.2) is 0 Å². The van der Waals surface area contributed by atoms with Crippen molar-refractivity contribution in [2.45, 2.75) is 31.3 Å². The Bertz CT molecular complexity index is 576. The van der Waals surface area contributed by atoms with E-state index in [2.05, 4.69) is 52.3 Å². The minimum atomic E-state index is -0.595. The van der Waals surface area contributed by atoms with E-state index in [9.17, 15) is 5.11 Å². The van der Waals surface area contributed by atoms with Gasteiger partial charge in [-0.25, -0.2) is 0 Å². The van der Waals surface area contributed by atoms with E-state index in [1.807, 2.05) is 12.1 Å². The van der Waals surface area contributed by atoms with E-state index in [-0.39, 0.29) is 0 Å². The highest BCUT2D eigenvalue weighted by molar-refractivity contribution is 9.10. The van der Waals surface area contributed by atoms with Crippen molar-refractivity contribution >= 4 is 15.9 Å². The Morgan fingerprint density at radius 1 is 1.00 bits per heavy atom. The minimum absolute atomic E-state index is 0.595. The maximum Gasteiger partial charge on any atom is 0.0731 e. The second-order valence-corrected chi connectivity index (χ2v) is 6.39. The van der Waals surface area contributed by atoms with Crippen LogP contribution in [0.4, 0.5) is 0 Å². The highest BCUT2D eigenvalue weighted by atomic mass is 79.9. The Kier molecular flexibility index (Phi) is 3.46. The maximum atomic E-state index is 10.8. The molecule has 19 heavy (non-hydrogen) atoms. The molecule has 1 nitrogen and oxygen atoms in total. The normalized spacial score (nSPS) is 22.0. The molecule has 98 valence electrons. The minimum Gasteiger partial charge on any atom is -0.389 e. The molecular weight excluding hydrogens is 300 g/mol. The number of benzene rings is 2. The summed E-state index contributed by atoms with van der Waals surface area (Å²) in [5, 5.41) is 10.8. The van der Waals surface area contributed by atoms with Crippen molar-refractivity contribution in [1.82, 2.24) is 0 Å². The summed E-state index contributed by atoms with van der Waals surface area (Å²) in [4.78, 5) is 0. The third-order valence-electron chi connectivity index (χ3n) is 3.94. The number of halogens is 1. The molecule has 1 aliphatic rings. The van der Waals surface area contributed by atoms with Crippen LogP contribution < -0.4 is 0 Å². The van der Waals surface area contributed by atoms with E-state index in [4.69, 9.17) is 0 Å². The topological polar surface area (TPSA) is 20.2 Å². The zero-order valence-corrected chi connectivity index (χ0v) is 12.4. The largest absolute Gasteiger partial charge is 0.389 e. The maximum absolute atomic E-state index is 10.8. The van der Waals surface area contributed by atoms with Crippen molar-refractivity contribution in [3.05, 3.63) is 69.7 Å². The first kappa shape index (κ1) is 12.9. The third kappa shape index (κ3) is 2.90. The average molecular weight is 317 g/mol. The van der Waals surface area contributed by atoms with E-state index in [0.29, 0.717) is 0 Å². The molecule has 0 fully saturated rings. The molecule has 0 spiro atoms. The van der Waals surface area contributed by atoms with Gasteiger partial charge in [0, 0.05) is 17.3 Å². The van der Waals surface area contributed by atoms with E-state index in [1.165, 1.54) is 16.7 Å². The summed E-state index contributed by atoms with van der Waals surface area (Å²) in [7, 11) is 0. The van der Waals surface area contributed by atoms with Gasteiger partial charge >= 0.3 is 0 Å². The molecule has 1 aliphatic carbocycles. The molecule has 1 N–H and O–H groups in total. The van der Waals surface area contributed by atoms with Gasteiger partial charge in [-0.15, -0.1) is 0 Å². The van der Waals surface area contributed by atoms with Gasteiger partial charge in [-0.2, -0.15) is 0 Å². The summed E-state index contributed by atoms with van der Waals surface area (Å²) in [6, 6.07) is 16.7. The number of fused-ring (bicyclic) bond motifs is 1. The standard InChI is InChI=1S/C17H17BrO/c18-16-7-5-13(6-8-16)11-17(19)10-9-14-3-1-2-4-15(14)12-17/h1-8,19H,9-12H2. The van der Waals surface area contributed by atoms with Gasteiger partial charge in [0.25, 0.3) is 0 Å². The summed E-state index contributed by atoms with van der Waals surface area (Å²) in [5.74, 6) is 0. The Hall–Kier alpha value is -1.12. The van der Waals surface area contributed by atoms with Crippen LogP contribution in [0.2, 0.25) is 0 Å². The fraction of sp³-hybridized carbons (Fsp3) is 0.294. The number of rotatable bonds is 2. The highest BCUT2D eigenvalue weighted by Crippen LogP contribution is 2.31. The molecule has 0 bridgehead atoms. The molecule has 2 aromatic carbocycles. The van der Waals surface area contributed by atoms with Crippen molar-refractivity contribution in [3.63, 3.8) is 0 Å². The lowest BCUT2D eigenvalue weighted by Gasteiger charge is -2.33. The van der Waals surface area contributed by atoms with Crippen LogP contribution in [0.1, 0.15) is 23.1 Å². The summed E-state index contributed by atoms with van der Waals surface area (Å²) >= 11 is 3.44. The summed E-state index contributed by atoms with van der Waals surface area (Å²) in [6.07, 6.45) is 3.32. The summed E-state index contributed by atoms with van der Waals surface area (Å²) in [5.41, 5.74) is 3.30. The predicted octanol–water partition coefficient (Wildman–Crippen LogP) is 3.91. The average Bonchev–Trinajstić information content (AvgIpc) is 2.41. The van der Waals surface area contributed by atoms with Crippen LogP contribution in [0.3, 0.4) is 0 Å². The predicted molar refractivity (Wildman–Crippen MR) is 81.3 cm³/mol. The van der Waals surface area contributed by atoms with Gasteiger partial charge in [-0.05, 0) is 41.7 Å². The molecule has 2 aromatic rings. The van der Waals surface area contributed by atoms with Crippen LogP contribution in [-0.4, -0.2) is 10.7 Å². The van der Waals surface area contributed by atoms with Crippen LogP contribution in [0.15, 0.2) is 53.0 Å². The highest BCUT2D eigenvalue weighted by Gasteiger charge is 2.31. The van der Waals surface area contributed by atoms with E-state index in [1.54, 1.807) is 0 Å². The van der Waals surface area contributed by atoms with Gasteiger partial charge in [-0.3, -0.25) is 0 Å². The third-order valence-corrected chi connectivity index (χ3v) is 4.47. The first-order valence-electron chi connectivity index (χ1n) is 6.68. The zero-order chi connectivity index (χ0) is 13.3. The monoisotopic (exact) mass is 316 g/mol. The molecule has 2 heteroatoms. The van der Waals surface area contributed by atoms with Crippen molar-refractivity contribution in [1.29, 1.82) is 0 Å². The molecule has 0 saturated heterocycles. The second kappa shape index (κ2) is 5.10. The molecule has 0 heterocycles. The lowest BCUT2D eigenvalue weighted by Crippen LogP contribution is -2.38. The Morgan fingerprint density at radius 2 is 1.68 bits per heavy atom. The van der Waals surface area contributed by atoms with Crippen molar-refractivity contribution < 1.29 is 5.11 Å². The zero-order valence-electron chi connectivity index (χ0n) is 10.8. The summed E-state index contributed by atoms with van der Waals surface area (Å²) in [6.45, 7) is 0. The van der Waals surface area contributed by atoms with Crippen molar-refractivity contribution in [2.24, 2.45) is 0 Å². The molecule has 0 aliphatic heterocycles. The van der Waals surface area contributed by atoms with Gasteiger partial charge in [0.1, 0.15) is 0 Å². The van der Waals surface area contributed by atoms with Crippen LogP contribution in [0.25, 0.3) is 0 Å². The molecule has 1 unspecified atom stereocenters. The first-order valence-corrected chi connectivity index (χ1v) is 7.48. The number of hydrogen-bond acceptors (Lipinski definition) is 1. The molecule has 0 saturated carbocycles. The summed E-state index contributed by atoms with van der Waals surface area (Å²) < 4.78 is 1.08. The quantitative estimate of drug-likeness (QED) is 0.890. The lowest BCUT2D eigenvalue weighted by molar-refractivity contribution is 0.0267. The van der Waals surface area contributed by atoms with Crippen molar-refractivity contribution in [2.75, 3.05) is 0 Å². The lowest BCUT2D eigenvalue weighted by atomic mass is 9.77. The number of aryl methyl sites for hydroxylation is 1. The second-order valence-electron chi connectivity index (χ2n) is 5.47.